The van der Waals surface area contributed by atoms with Gasteiger partial charge in [0.1, 0.15) is 0 Å². The van der Waals surface area contributed by atoms with Gasteiger partial charge in [0.15, 0.2) is 0 Å². The summed E-state index contributed by atoms with van der Waals surface area (Å²) in [5.41, 5.74) is 9.57. The predicted molar refractivity (Wildman–Crippen MR) is 104 cm³/mol. The fraction of sp³-hybridized carbons (Fsp3) is 0.500. The van der Waals surface area contributed by atoms with E-state index in [-0.39, 0.29) is 0 Å². The van der Waals surface area contributed by atoms with E-state index in [1.165, 1.54) is 46.3 Å². The van der Waals surface area contributed by atoms with Crippen LogP contribution in [0, 0.1) is 33.1 Å². The summed E-state index contributed by atoms with van der Waals surface area (Å²) in [5, 5.41) is 0. The van der Waals surface area contributed by atoms with Crippen LogP contribution in [0.25, 0.3) is 11.1 Å². The molecule has 1 aliphatic rings. The summed E-state index contributed by atoms with van der Waals surface area (Å²) < 4.78 is 0. The van der Waals surface area contributed by atoms with Crippen molar-refractivity contribution in [3.8, 4) is 11.1 Å². The van der Waals surface area contributed by atoms with Gasteiger partial charge in [-0.1, -0.05) is 32.0 Å². The molecule has 0 aliphatic carbocycles. The lowest BCUT2D eigenvalue weighted by Gasteiger charge is -2.39. The molecule has 2 aromatic rings. The molecule has 0 radical (unpaired) electrons. The average molecular weight is 322 g/mol. The molecule has 1 aromatic heterocycles. The van der Waals surface area contributed by atoms with E-state index in [2.05, 4.69) is 75.8 Å². The molecular weight excluding hydrogens is 292 g/mol. The molecule has 2 heterocycles. The van der Waals surface area contributed by atoms with E-state index in [9.17, 15) is 0 Å². The first-order valence-electron chi connectivity index (χ1n) is 9.07. The first-order valence-corrected chi connectivity index (χ1v) is 9.07. The summed E-state index contributed by atoms with van der Waals surface area (Å²) in [6.07, 6.45) is 4.57. The normalized spacial score (nSPS) is 17.2. The van der Waals surface area contributed by atoms with Crippen LogP contribution in [-0.2, 0) is 0 Å². The molecule has 3 rings (SSSR count). The number of piperidine rings is 1. The molecule has 128 valence electrons. The SMILES string of the molecule is Cc1ccc(-c2cnc(C)c(C)c2N2CCC(C)(C)CC2)cc1C. The van der Waals surface area contributed by atoms with Crippen molar-refractivity contribution in [2.24, 2.45) is 5.41 Å². The topological polar surface area (TPSA) is 16.1 Å². The Labute approximate surface area is 146 Å². The maximum absolute atomic E-state index is 4.66. The van der Waals surface area contributed by atoms with Crippen LogP contribution in [0.15, 0.2) is 24.4 Å². The van der Waals surface area contributed by atoms with Gasteiger partial charge in [0.05, 0.1) is 5.69 Å². The number of pyridine rings is 1. The van der Waals surface area contributed by atoms with Crippen LogP contribution in [0.3, 0.4) is 0 Å². The Morgan fingerprint density at radius 2 is 1.62 bits per heavy atom. The number of hydrogen-bond acceptors (Lipinski definition) is 2. The third-order valence-electron chi connectivity index (χ3n) is 5.79. The molecule has 0 atom stereocenters. The third kappa shape index (κ3) is 3.19. The summed E-state index contributed by atoms with van der Waals surface area (Å²) >= 11 is 0. The molecule has 1 fully saturated rings. The second kappa shape index (κ2) is 6.23. The molecule has 0 saturated carbocycles. The lowest BCUT2D eigenvalue weighted by Crippen LogP contribution is -2.38. The van der Waals surface area contributed by atoms with E-state index < -0.39 is 0 Å². The molecule has 0 spiro atoms. The Balaban J connectivity index is 2.07. The Bertz CT molecular complexity index is 749. The van der Waals surface area contributed by atoms with Gasteiger partial charge in [-0.15, -0.1) is 0 Å². The Kier molecular flexibility index (Phi) is 4.42. The van der Waals surface area contributed by atoms with Crippen molar-refractivity contribution in [1.29, 1.82) is 0 Å². The van der Waals surface area contributed by atoms with Crippen molar-refractivity contribution in [2.45, 2.75) is 54.4 Å². The second-order valence-electron chi connectivity index (χ2n) is 8.18. The molecule has 2 heteroatoms. The van der Waals surface area contributed by atoms with Crippen LogP contribution in [0.4, 0.5) is 5.69 Å². The van der Waals surface area contributed by atoms with Gasteiger partial charge in [0.2, 0.25) is 0 Å². The Morgan fingerprint density at radius 3 is 2.25 bits per heavy atom. The van der Waals surface area contributed by atoms with Crippen LogP contribution >= 0.6 is 0 Å². The maximum Gasteiger partial charge on any atom is 0.0509 e. The number of benzene rings is 1. The molecule has 24 heavy (non-hydrogen) atoms. The molecule has 0 amide bonds. The van der Waals surface area contributed by atoms with Crippen LogP contribution in [0.1, 0.15) is 49.1 Å². The van der Waals surface area contributed by atoms with E-state index in [4.69, 9.17) is 0 Å². The fourth-order valence-electron chi connectivity index (χ4n) is 3.56. The smallest absolute Gasteiger partial charge is 0.0509 e. The Morgan fingerprint density at radius 1 is 0.958 bits per heavy atom. The molecule has 1 aliphatic heterocycles. The van der Waals surface area contributed by atoms with Crippen molar-refractivity contribution in [3.63, 3.8) is 0 Å². The second-order valence-corrected chi connectivity index (χ2v) is 8.18. The summed E-state index contributed by atoms with van der Waals surface area (Å²) in [6, 6.07) is 6.77. The zero-order valence-electron chi connectivity index (χ0n) is 16.0. The fourth-order valence-corrected chi connectivity index (χ4v) is 3.56. The Hall–Kier alpha value is -1.83. The highest BCUT2D eigenvalue weighted by atomic mass is 15.1. The van der Waals surface area contributed by atoms with E-state index in [1.54, 1.807) is 0 Å². The van der Waals surface area contributed by atoms with Gasteiger partial charge in [-0.3, -0.25) is 4.98 Å². The minimum Gasteiger partial charge on any atom is -0.371 e. The van der Waals surface area contributed by atoms with Gasteiger partial charge in [0.25, 0.3) is 0 Å². The van der Waals surface area contributed by atoms with Gasteiger partial charge in [-0.25, -0.2) is 0 Å². The van der Waals surface area contributed by atoms with Crippen LogP contribution in [-0.4, -0.2) is 18.1 Å². The zero-order valence-corrected chi connectivity index (χ0v) is 16.0. The molecular formula is C22H30N2. The third-order valence-corrected chi connectivity index (χ3v) is 5.79. The minimum atomic E-state index is 0.465. The molecule has 0 bridgehead atoms. The van der Waals surface area contributed by atoms with Crippen LogP contribution in [0.2, 0.25) is 0 Å². The van der Waals surface area contributed by atoms with Crippen molar-refractivity contribution in [3.05, 3.63) is 46.8 Å². The maximum atomic E-state index is 4.66. The highest BCUT2D eigenvalue weighted by Crippen LogP contribution is 2.39. The van der Waals surface area contributed by atoms with Gasteiger partial charge < -0.3 is 4.90 Å². The largest absolute Gasteiger partial charge is 0.371 e. The van der Waals surface area contributed by atoms with Crippen molar-refractivity contribution >= 4 is 5.69 Å². The molecule has 0 N–H and O–H groups in total. The lowest BCUT2D eigenvalue weighted by atomic mass is 9.82. The predicted octanol–water partition coefficient (Wildman–Crippen LogP) is 5.61. The highest BCUT2D eigenvalue weighted by molar-refractivity contribution is 5.81. The number of aryl methyl sites for hydroxylation is 3. The van der Waals surface area contributed by atoms with Gasteiger partial charge in [0, 0.05) is 30.5 Å². The molecule has 1 saturated heterocycles. The standard InChI is InChI=1S/C22H30N2/c1-15-7-8-19(13-16(15)2)20-14-23-18(4)17(3)21(20)24-11-9-22(5,6)10-12-24/h7-8,13-14H,9-12H2,1-6H3. The summed E-state index contributed by atoms with van der Waals surface area (Å²) in [7, 11) is 0. The van der Waals surface area contributed by atoms with Crippen LogP contribution in [0.5, 0.6) is 0 Å². The first kappa shape index (κ1) is 17.0. The van der Waals surface area contributed by atoms with E-state index >= 15 is 0 Å². The number of nitrogens with zero attached hydrogens (tertiary/aromatic N) is 2. The number of rotatable bonds is 2. The minimum absolute atomic E-state index is 0.465. The van der Waals surface area contributed by atoms with Gasteiger partial charge in [-0.05, 0) is 68.2 Å². The van der Waals surface area contributed by atoms with Gasteiger partial charge >= 0.3 is 0 Å². The van der Waals surface area contributed by atoms with Crippen molar-refractivity contribution in [1.82, 2.24) is 4.98 Å². The summed E-state index contributed by atoms with van der Waals surface area (Å²) in [5.74, 6) is 0. The molecule has 1 aromatic carbocycles. The van der Waals surface area contributed by atoms with Gasteiger partial charge in [-0.2, -0.15) is 0 Å². The zero-order chi connectivity index (χ0) is 17.5. The molecule has 0 unspecified atom stereocenters. The number of hydrogen-bond donors (Lipinski definition) is 0. The van der Waals surface area contributed by atoms with Crippen molar-refractivity contribution in [2.75, 3.05) is 18.0 Å². The van der Waals surface area contributed by atoms with E-state index in [0.717, 1.165) is 18.8 Å². The summed E-state index contributed by atoms with van der Waals surface area (Å²) in [4.78, 5) is 7.25. The van der Waals surface area contributed by atoms with Crippen molar-refractivity contribution < 1.29 is 0 Å². The van der Waals surface area contributed by atoms with Crippen LogP contribution < -0.4 is 4.90 Å². The number of anilines is 1. The first-order chi connectivity index (χ1) is 11.3. The highest BCUT2D eigenvalue weighted by Gasteiger charge is 2.28. The lowest BCUT2D eigenvalue weighted by molar-refractivity contribution is 0.280. The van der Waals surface area contributed by atoms with E-state index in [1.807, 2.05) is 0 Å². The summed E-state index contributed by atoms with van der Waals surface area (Å²) in [6.45, 7) is 15.8. The quantitative estimate of drug-likeness (QED) is 0.714. The number of aromatic nitrogens is 1. The average Bonchev–Trinajstić information content (AvgIpc) is 2.53. The van der Waals surface area contributed by atoms with E-state index in [0.29, 0.717) is 5.41 Å². The molecule has 2 nitrogen and oxygen atoms in total. The monoisotopic (exact) mass is 322 g/mol.